The van der Waals surface area contributed by atoms with E-state index in [0.29, 0.717) is 6.42 Å². The second kappa shape index (κ2) is 13.6. The molecule has 0 aromatic heterocycles. The topological polar surface area (TPSA) is 90.7 Å². The molecule has 3 N–H and O–H groups in total. The summed E-state index contributed by atoms with van der Waals surface area (Å²) in [4.78, 5) is 22.9. The molecule has 6 nitrogen and oxygen atoms in total. The van der Waals surface area contributed by atoms with E-state index in [2.05, 4.69) is 29.6 Å². The third-order valence-electron chi connectivity index (χ3n) is 4.18. The first kappa shape index (κ1) is 22.7. The van der Waals surface area contributed by atoms with Crippen molar-refractivity contribution in [2.24, 2.45) is 5.73 Å². The number of amides is 2. The van der Waals surface area contributed by atoms with Gasteiger partial charge in [-0.3, -0.25) is 0 Å². The highest BCUT2D eigenvalue weighted by Crippen LogP contribution is 2.04. The largest absolute Gasteiger partial charge is 0.448 e. The van der Waals surface area contributed by atoms with Gasteiger partial charge in [-0.2, -0.15) is 0 Å². The molecule has 0 aliphatic heterocycles. The molecule has 2 rings (SSSR count). The van der Waals surface area contributed by atoms with Crippen LogP contribution in [-0.2, 0) is 22.5 Å². The van der Waals surface area contributed by atoms with Crippen molar-refractivity contribution in [3.8, 4) is 0 Å². The quantitative estimate of drug-likeness (QED) is 0.535. The first-order valence-electron chi connectivity index (χ1n) is 9.87. The standard InChI is InChI=1S/C24H28N2O4/c25-23(27)29-19-22(26-24(28)30-18-21-15-9-5-10-16-21)17-11-3-1-2-6-12-20-13-7-4-8-14-20/h2-11,13-16,22H,1,12,17-19H2,(H2,25,27)(H,26,28). The van der Waals surface area contributed by atoms with Crippen LogP contribution >= 0.6 is 0 Å². The van der Waals surface area contributed by atoms with Gasteiger partial charge in [-0.15, -0.1) is 0 Å². The molecule has 1 unspecified atom stereocenters. The predicted molar refractivity (Wildman–Crippen MR) is 117 cm³/mol. The molecule has 30 heavy (non-hydrogen) atoms. The number of hydrogen-bond donors (Lipinski definition) is 2. The van der Waals surface area contributed by atoms with Gasteiger partial charge in [0.05, 0.1) is 6.04 Å². The van der Waals surface area contributed by atoms with Crippen LogP contribution in [0, 0.1) is 0 Å². The van der Waals surface area contributed by atoms with Gasteiger partial charge >= 0.3 is 12.2 Å². The van der Waals surface area contributed by atoms with Crippen LogP contribution in [0.1, 0.15) is 24.0 Å². The van der Waals surface area contributed by atoms with Gasteiger partial charge in [0.1, 0.15) is 13.2 Å². The monoisotopic (exact) mass is 408 g/mol. The van der Waals surface area contributed by atoms with Crippen molar-refractivity contribution in [2.75, 3.05) is 6.61 Å². The van der Waals surface area contributed by atoms with E-state index >= 15 is 0 Å². The van der Waals surface area contributed by atoms with E-state index in [9.17, 15) is 9.59 Å². The van der Waals surface area contributed by atoms with E-state index in [1.54, 1.807) is 0 Å². The Kier molecular flexibility index (Phi) is 10.3. The van der Waals surface area contributed by atoms with Crippen molar-refractivity contribution >= 4 is 12.2 Å². The fraction of sp³-hybridized carbons (Fsp3) is 0.250. The number of allylic oxidation sites excluding steroid dienone is 3. The Morgan fingerprint density at radius 1 is 0.867 bits per heavy atom. The first-order valence-corrected chi connectivity index (χ1v) is 9.87. The number of hydrogen-bond acceptors (Lipinski definition) is 4. The van der Waals surface area contributed by atoms with E-state index in [-0.39, 0.29) is 13.2 Å². The fourth-order valence-electron chi connectivity index (χ4n) is 2.65. The fourth-order valence-corrected chi connectivity index (χ4v) is 2.65. The van der Waals surface area contributed by atoms with Crippen LogP contribution in [0.4, 0.5) is 9.59 Å². The Morgan fingerprint density at radius 2 is 1.50 bits per heavy atom. The van der Waals surface area contributed by atoms with Crippen molar-refractivity contribution in [1.29, 1.82) is 0 Å². The predicted octanol–water partition coefficient (Wildman–Crippen LogP) is 4.51. The van der Waals surface area contributed by atoms with E-state index in [0.717, 1.165) is 18.4 Å². The number of rotatable bonds is 11. The Hall–Kier alpha value is -3.54. The molecule has 0 aliphatic rings. The summed E-state index contributed by atoms with van der Waals surface area (Å²) in [7, 11) is 0. The van der Waals surface area contributed by atoms with Gasteiger partial charge in [-0.1, -0.05) is 85.0 Å². The Bertz CT molecular complexity index is 820. The van der Waals surface area contributed by atoms with Crippen molar-refractivity contribution in [3.05, 3.63) is 96.1 Å². The molecule has 0 saturated heterocycles. The number of carbonyl (C=O) groups excluding carboxylic acids is 2. The summed E-state index contributed by atoms with van der Waals surface area (Å²) in [5, 5.41) is 2.70. The summed E-state index contributed by atoms with van der Waals surface area (Å²) in [5.41, 5.74) is 7.18. The molecule has 0 aliphatic carbocycles. The molecular formula is C24H28N2O4. The van der Waals surface area contributed by atoms with E-state index in [4.69, 9.17) is 15.2 Å². The van der Waals surface area contributed by atoms with Crippen molar-refractivity contribution in [1.82, 2.24) is 5.32 Å². The number of ether oxygens (including phenoxy) is 2. The van der Waals surface area contributed by atoms with Gasteiger partial charge < -0.3 is 20.5 Å². The van der Waals surface area contributed by atoms with Gasteiger partial charge in [0, 0.05) is 0 Å². The van der Waals surface area contributed by atoms with Crippen molar-refractivity contribution < 1.29 is 19.1 Å². The molecule has 2 amide bonds. The average molecular weight is 408 g/mol. The highest BCUT2D eigenvalue weighted by atomic mass is 16.6. The highest BCUT2D eigenvalue weighted by molar-refractivity contribution is 5.68. The second-order valence-corrected chi connectivity index (χ2v) is 6.64. The maximum atomic E-state index is 12.0. The SMILES string of the molecule is NC(=O)OCC(CC=CCC=CCc1ccccc1)NC(=O)OCc1ccccc1. The molecule has 0 spiro atoms. The van der Waals surface area contributed by atoms with Crippen molar-refractivity contribution in [3.63, 3.8) is 0 Å². The zero-order chi connectivity index (χ0) is 21.4. The number of nitrogens with two attached hydrogens (primary N) is 1. The zero-order valence-corrected chi connectivity index (χ0v) is 16.9. The number of benzene rings is 2. The lowest BCUT2D eigenvalue weighted by Crippen LogP contribution is -2.39. The third kappa shape index (κ3) is 10.1. The van der Waals surface area contributed by atoms with Gasteiger partial charge in [-0.25, -0.2) is 9.59 Å². The minimum Gasteiger partial charge on any atom is -0.448 e. The van der Waals surface area contributed by atoms with Crippen LogP contribution < -0.4 is 11.1 Å². The lowest BCUT2D eigenvalue weighted by Gasteiger charge is -2.16. The van der Waals surface area contributed by atoms with Crippen molar-refractivity contribution in [2.45, 2.75) is 31.9 Å². The summed E-state index contributed by atoms with van der Waals surface area (Å²) in [6.45, 7) is 0.141. The molecule has 0 fully saturated rings. The van der Waals surface area contributed by atoms with Crippen LogP contribution in [0.25, 0.3) is 0 Å². The number of carbonyl (C=O) groups is 2. The van der Waals surface area contributed by atoms with Gasteiger partial charge in [-0.05, 0) is 30.4 Å². The summed E-state index contributed by atoms with van der Waals surface area (Å²) in [6, 6.07) is 19.2. The average Bonchev–Trinajstić information content (AvgIpc) is 2.76. The summed E-state index contributed by atoms with van der Waals surface area (Å²) in [6.07, 6.45) is 8.81. The lowest BCUT2D eigenvalue weighted by atomic mass is 10.1. The molecular weight excluding hydrogens is 380 g/mol. The normalized spacial score (nSPS) is 12.0. The van der Waals surface area contributed by atoms with Crippen LogP contribution in [0.5, 0.6) is 0 Å². The maximum absolute atomic E-state index is 12.0. The van der Waals surface area contributed by atoms with Gasteiger partial charge in [0.2, 0.25) is 0 Å². The molecule has 2 aromatic rings. The first-order chi connectivity index (χ1) is 14.6. The van der Waals surface area contributed by atoms with E-state index < -0.39 is 18.2 Å². The van der Waals surface area contributed by atoms with E-state index in [1.807, 2.05) is 60.7 Å². The molecule has 6 heteroatoms. The molecule has 1 atom stereocenters. The van der Waals surface area contributed by atoms with Crippen LogP contribution in [0.2, 0.25) is 0 Å². The van der Waals surface area contributed by atoms with E-state index in [1.165, 1.54) is 5.56 Å². The molecule has 0 saturated carbocycles. The highest BCUT2D eigenvalue weighted by Gasteiger charge is 2.14. The number of nitrogens with one attached hydrogen (secondary N) is 1. The summed E-state index contributed by atoms with van der Waals surface area (Å²) < 4.78 is 10.0. The number of primary amides is 1. The Labute approximate surface area is 177 Å². The Morgan fingerprint density at radius 3 is 2.17 bits per heavy atom. The molecule has 2 aromatic carbocycles. The second-order valence-electron chi connectivity index (χ2n) is 6.64. The Balaban J connectivity index is 1.73. The third-order valence-corrected chi connectivity index (χ3v) is 4.18. The van der Waals surface area contributed by atoms with Crippen LogP contribution in [-0.4, -0.2) is 24.8 Å². The maximum Gasteiger partial charge on any atom is 0.407 e. The van der Waals surface area contributed by atoms with Crippen LogP contribution in [0.15, 0.2) is 85.0 Å². The van der Waals surface area contributed by atoms with Gasteiger partial charge in [0.15, 0.2) is 0 Å². The summed E-state index contributed by atoms with van der Waals surface area (Å²) in [5.74, 6) is 0. The number of alkyl carbamates (subject to hydrolysis) is 1. The molecule has 0 bridgehead atoms. The molecule has 0 radical (unpaired) electrons. The lowest BCUT2D eigenvalue weighted by molar-refractivity contribution is 0.119. The van der Waals surface area contributed by atoms with Crippen LogP contribution in [0.3, 0.4) is 0 Å². The smallest absolute Gasteiger partial charge is 0.407 e. The minimum atomic E-state index is -0.882. The van der Waals surface area contributed by atoms with Gasteiger partial charge in [0.25, 0.3) is 0 Å². The molecule has 158 valence electrons. The zero-order valence-electron chi connectivity index (χ0n) is 16.9. The minimum absolute atomic E-state index is 0.0239. The molecule has 0 heterocycles. The summed E-state index contributed by atoms with van der Waals surface area (Å²) >= 11 is 0.